The van der Waals surface area contributed by atoms with E-state index in [0.29, 0.717) is 0 Å². The van der Waals surface area contributed by atoms with Crippen molar-refractivity contribution in [2.75, 3.05) is 5.75 Å². The van der Waals surface area contributed by atoms with Gasteiger partial charge in [0.05, 0.1) is 0 Å². The number of aryl methyl sites for hydroxylation is 1. The molecule has 0 spiro atoms. The molecule has 0 aliphatic rings. The summed E-state index contributed by atoms with van der Waals surface area (Å²) in [5.74, 6) is 4.83. The van der Waals surface area contributed by atoms with E-state index in [2.05, 4.69) is 30.1 Å². The Morgan fingerprint density at radius 2 is 1.90 bits per heavy atom. The van der Waals surface area contributed by atoms with E-state index in [1.54, 1.807) is 11.4 Å². The summed E-state index contributed by atoms with van der Waals surface area (Å²) in [5, 5.41) is 0. The van der Waals surface area contributed by atoms with Gasteiger partial charge in [-0.25, -0.2) is 0 Å². The molecular formula is C9H11S+. The van der Waals surface area contributed by atoms with Crippen molar-refractivity contribution in [3.63, 3.8) is 0 Å². The lowest BCUT2D eigenvalue weighted by atomic mass is 10.2. The summed E-state index contributed by atoms with van der Waals surface area (Å²) in [6.07, 6.45) is 1.13. The van der Waals surface area contributed by atoms with E-state index in [-0.39, 0.29) is 0 Å². The van der Waals surface area contributed by atoms with Crippen LogP contribution in [-0.4, -0.2) is 11.6 Å². The molecule has 0 aliphatic carbocycles. The molecule has 0 aliphatic heterocycles. The lowest BCUT2D eigenvalue weighted by molar-refractivity contribution is 1.16. The Balaban J connectivity index is 2.50. The minimum Gasteiger partial charge on any atom is -0.0622 e. The molecule has 0 heterocycles. The second-order valence-corrected chi connectivity index (χ2v) is 2.96. The molecule has 0 nitrogen and oxygen atoms in total. The molecule has 52 valence electrons. The van der Waals surface area contributed by atoms with Crippen LogP contribution < -0.4 is 0 Å². The largest absolute Gasteiger partial charge is 0.179 e. The van der Waals surface area contributed by atoms with Crippen molar-refractivity contribution < 1.29 is 0 Å². The van der Waals surface area contributed by atoms with Crippen LogP contribution in [-0.2, 0) is 17.8 Å². The summed E-state index contributed by atoms with van der Waals surface area (Å²) in [5.41, 5.74) is 1.40. The maximum absolute atomic E-state index is 3.72. The number of hydrogen-bond acceptors (Lipinski definition) is 0. The molecule has 0 saturated heterocycles. The standard InChI is InChI=1S/C9H11S/c1-10-8-7-9-5-3-2-4-6-9/h2-6H,1,7-8H2/q+1. The Hall–Kier alpha value is -0.690. The molecule has 0 aromatic heterocycles. The summed E-state index contributed by atoms with van der Waals surface area (Å²) >= 11 is 1.65. The van der Waals surface area contributed by atoms with Gasteiger partial charge in [0.2, 0.25) is 0 Å². The van der Waals surface area contributed by atoms with Gasteiger partial charge >= 0.3 is 0 Å². The number of rotatable bonds is 3. The van der Waals surface area contributed by atoms with Crippen LogP contribution in [0, 0.1) is 0 Å². The molecule has 10 heavy (non-hydrogen) atoms. The summed E-state index contributed by atoms with van der Waals surface area (Å²) < 4.78 is 0. The molecule has 0 unspecified atom stereocenters. The van der Waals surface area contributed by atoms with Crippen LogP contribution in [0.1, 0.15) is 5.56 Å². The Bertz CT molecular complexity index is 191. The van der Waals surface area contributed by atoms with E-state index in [4.69, 9.17) is 0 Å². The number of benzene rings is 1. The van der Waals surface area contributed by atoms with Gasteiger partial charge in [0.25, 0.3) is 0 Å². The topological polar surface area (TPSA) is 0 Å². The molecule has 0 saturated carbocycles. The minimum atomic E-state index is 1.12. The lowest BCUT2D eigenvalue weighted by Gasteiger charge is -1.90. The number of hydrogen-bond donors (Lipinski definition) is 0. The predicted octanol–water partition coefficient (Wildman–Crippen LogP) is 1.74. The smallest absolute Gasteiger partial charge is 0.0622 e. The van der Waals surface area contributed by atoms with Crippen LogP contribution in [0.15, 0.2) is 30.3 Å². The molecule has 1 heteroatoms. The van der Waals surface area contributed by atoms with Crippen molar-refractivity contribution >= 4 is 17.2 Å². The molecule has 0 radical (unpaired) electrons. The van der Waals surface area contributed by atoms with E-state index >= 15 is 0 Å². The SMILES string of the molecule is C=[S+]CCc1ccccc1. The van der Waals surface area contributed by atoms with Crippen molar-refractivity contribution in [3.8, 4) is 0 Å². The maximum Gasteiger partial charge on any atom is 0.179 e. The van der Waals surface area contributed by atoms with Gasteiger partial charge in [0.1, 0.15) is 0 Å². The van der Waals surface area contributed by atoms with Gasteiger partial charge in [0, 0.05) is 6.42 Å². The van der Waals surface area contributed by atoms with Crippen molar-refractivity contribution in [1.29, 1.82) is 0 Å². The maximum atomic E-state index is 3.72. The average molecular weight is 151 g/mol. The third-order valence-corrected chi connectivity index (χ3v) is 1.87. The molecule has 1 aromatic rings. The lowest BCUT2D eigenvalue weighted by Crippen LogP contribution is -1.88. The zero-order valence-corrected chi connectivity index (χ0v) is 6.73. The fourth-order valence-corrected chi connectivity index (χ4v) is 1.21. The highest BCUT2D eigenvalue weighted by Gasteiger charge is 1.92. The normalized spacial score (nSPS) is 9.20. The van der Waals surface area contributed by atoms with Crippen LogP contribution in [0.25, 0.3) is 0 Å². The van der Waals surface area contributed by atoms with E-state index in [9.17, 15) is 0 Å². The Kier molecular flexibility index (Phi) is 3.10. The summed E-state index contributed by atoms with van der Waals surface area (Å²) in [4.78, 5) is 0. The molecule has 0 fully saturated rings. The first-order chi connectivity index (χ1) is 4.93. The molecule has 1 rings (SSSR count). The van der Waals surface area contributed by atoms with Gasteiger partial charge in [-0.1, -0.05) is 30.3 Å². The predicted molar refractivity (Wildman–Crippen MR) is 49.5 cm³/mol. The van der Waals surface area contributed by atoms with Crippen molar-refractivity contribution in [3.05, 3.63) is 35.9 Å². The van der Waals surface area contributed by atoms with Gasteiger partial charge in [0.15, 0.2) is 23.0 Å². The monoisotopic (exact) mass is 151 g/mol. The molecule has 1 aromatic carbocycles. The van der Waals surface area contributed by atoms with Gasteiger partial charge in [-0.05, 0) is 5.56 Å². The first-order valence-electron chi connectivity index (χ1n) is 3.34. The molecule has 0 N–H and O–H groups in total. The fraction of sp³-hybridized carbons (Fsp3) is 0.222. The first kappa shape index (κ1) is 7.42. The van der Waals surface area contributed by atoms with Crippen LogP contribution in [0.5, 0.6) is 0 Å². The average Bonchev–Trinajstić information content (AvgIpc) is 2.03. The minimum absolute atomic E-state index is 1.12. The van der Waals surface area contributed by atoms with Crippen LogP contribution >= 0.6 is 0 Å². The summed E-state index contributed by atoms with van der Waals surface area (Å²) in [6, 6.07) is 10.5. The highest BCUT2D eigenvalue weighted by atomic mass is 32.1. The van der Waals surface area contributed by atoms with Crippen LogP contribution in [0.3, 0.4) is 0 Å². The van der Waals surface area contributed by atoms with Crippen LogP contribution in [0.2, 0.25) is 0 Å². The third-order valence-electron chi connectivity index (χ3n) is 1.38. The van der Waals surface area contributed by atoms with E-state index in [1.165, 1.54) is 5.56 Å². The third kappa shape index (κ3) is 2.28. The zero-order chi connectivity index (χ0) is 7.23. The quantitative estimate of drug-likeness (QED) is 0.456. The molecular weight excluding hydrogens is 140 g/mol. The van der Waals surface area contributed by atoms with Gasteiger partial charge in [-0.2, -0.15) is 0 Å². The Morgan fingerprint density at radius 1 is 1.20 bits per heavy atom. The Labute approximate surface area is 65.9 Å². The van der Waals surface area contributed by atoms with Crippen LogP contribution in [0.4, 0.5) is 0 Å². The zero-order valence-electron chi connectivity index (χ0n) is 5.92. The highest BCUT2D eigenvalue weighted by Crippen LogP contribution is 1.98. The second-order valence-electron chi connectivity index (χ2n) is 2.14. The van der Waals surface area contributed by atoms with E-state index in [1.807, 2.05) is 6.07 Å². The first-order valence-corrected chi connectivity index (χ1v) is 4.50. The molecule has 0 atom stereocenters. The second kappa shape index (κ2) is 4.18. The van der Waals surface area contributed by atoms with Gasteiger partial charge in [-0.15, -0.1) is 0 Å². The van der Waals surface area contributed by atoms with Crippen molar-refractivity contribution in [2.45, 2.75) is 6.42 Å². The molecule has 0 bridgehead atoms. The van der Waals surface area contributed by atoms with Crippen molar-refractivity contribution in [2.24, 2.45) is 0 Å². The summed E-state index contributed by atoms with van der Waals surface area (Å²) in [7, 11) is 0. The Morgan fingerprint density at radius 3 is 2.50 bits per heavy atom. The van der Waals surface area contributed by atoms with Gasteiger partial charge < -0.3 is 0 Å². The van der Waals surface area contributed by atoms with Crippen molar-refractivity contribution in [1.82, 2.24) is 0 Å². The van der Waals surface area contributed by atoms with E-state index < -0.39 is 0 Å². The highest BCUT2D eigenvalue weighted by molar-refractivity contribution is 7.76. The molecule has 0 amide bonds. The van der Waals surface area contributed by atoms with Gasteiger partial charge in [-0.3, -0.25) is 0 Å². The fourth-order valence-electron chi connectivity index (χ4n) is 0.835. The summed E-state index contributed by atoms with van der Waals surface area (Å²) in [6.45, 7) is 0. The van der Waals surface area contributed by atoms with E-state index in [0.717, 1.165) is 12.2 Å².